The van der Waals surface area contributed by atoms with E-state index in [1.54, 1.807) is 25.1 Å². The van der Waals surface area contributed by atoms with Gasteiger partial charge < -0.3 is 26.1 Å². The SMILES string of the molecule is CC/C=C(\N)c1ccc(CNC(=O)Cn2c(C)ccc(NSCc3ccccc3)c2=O)nc1N. The fourth-order valence-corrected chi connectivity index (χ4v) is 4.04. The maximum atomic E-state index is 12.9. The summed E-state index contributed by atoms with van der Waals surface area (Å²) in [5.41, 5.74) is 15.9. The van der Waals surface area contributed by atoms with Crippen LogP contribution in [-0.4, -0.2) is 15.5 Å². The lowest BCUT2D eigenvalue weighted by molar-refractivity contribution is -0.121. The molecule has 0 unspecified atom stereocenters. The Morgan fingerprint density at radius 3 is 2.62 bits per heavy atom. The number of nitrogen functional groups attached to an aromatic ring is 1. The second kappa shape index (κ2) is 11.9. The molecule has 0 radical (unpaired) electrons. The van der Waals surface area contributed by atoms with Gasteiger partial charge in [-0.3, -0.25) is 9.59 Å². The van der Waals surface area contributed by atoms with Crippen LogP contribution in [0.4, 0.5) is 11.5 Å². The number of amides is 1. The van der Waals surface area contributed by atoms with Crippen LogP contribution in [-0.2, 0) is 23.6 Å². The van der Waals surface area contributed by atoms with Gasteiger partial charge in [-0.1, -0.05) is 43.3 Å². The molecule has 34 heavy (non-hydrogen) atoms. The monoisotopic (exact) mass is 478 g/mol. The lowest BCUT2D eigenvalue weighted by Gasteiger charge is -2.13. The van der Waals surface area contributed by atoms with Crippen molar-refractivity contribution in [3.63, 3.8) is 0 Å². The van der Waals surface area contributed by atoms with E-state index in [1.807, 2.05) is 49.4 Å². The van der Waals surface area contributed by atoms with E-state index < -0.39 is 0 Å². The Labute approximate surface area is 203 Å². The van der Waals surface area contributed by atoms with Gasteiger partial charge in [-0.2, -0.15) is 0 Å². The average Bonchev–Trinajstić information content (AvgIpc) is 2.82. The molecule has 0 aliphatic rings. The number of carbonyl (C=O) groups is 1. The first kappa shape index (κ1) is 24.9. The molecule has 0 saturated carbocycles. The number of anilines is 2. The second-order valence-electron chi connectivity index (χ2n) is 7.74. The number of nitrogens with zero attached hydrogens (tertiary/aromatic N) is 2. The zero-order valence-electron chi connectivity index (χ0n) is 19.4. The standard InChI is InChI=1S/C25H30N6O2S/c1-3-7-21(26)20-12-11-19(29-24(20)27)14-28-23(32)15-31-17(2)10-13-22(25(31)33)30-34-16-18-8-5-4-6-9-18/h4-13,30H,3,14-16,26H2,1-2H3,(H2,27,29)(H,28,32)/b21-7-. The minimum Gasteiger partial charge on any atom is -0.398 e. The first-order chi connectivity index (χ1) is 16.4. The van der Waals surface area contributed by atoms with E-state index in [9.17, 15) is 9.59 Å². The van der Waals surface area contributed by atoms with Crippen molar-refractivity contribution in [1.29, 1.82) is 0 Å². The van der Waals surface area contributed by atoms with Crippen molar-refractivity contribution in [3.8, 4) is 0 Å². The normalized spacial score (nSPS) is 11.3. The van der Waals surface area contributed by atoms with Gasteiger partial charge in [0.15, 0.2) is 0 Å². The van der Waals surface area contributed by atoms with Crippen LogP contribution in [0.1, 0.15) is 35.9 Å². The molecule has 3 rings (SSSR count). The highest BCUT2D eigenvalue weighted by atomic mass is 32.2. The minimum atomic E-state index is -0.297. The lowest BCUT2D eigenvalue weighted by atomic mass is 10.1. The number of allylic oxidation sites excluding steroid dienone is 1. The number of benzene rings is 1. The number of hydrogen-bond acceptors (Lipinski definition) is 7. The summed E-state index contributed by atoms with van der Waals surface area (Å²) < 4.78 is 4.55. The van der Waals surface area contributed by atoms with Gasteiger partial charge in [-0.15, -0.1) is 0 Å². The Bertz CT molecular complexity index is 1220. The molecule has 0 saturated heterocycles. The molecule has 0 fully saturated rings. The van der Waals surface area contributed by atoms with Gasteiger partial charge in [0.2, 0.25) is 5.91 Å². The molecule has 0 atom stereocenters. The summed E-state index contributed by atoms with van der Waals surface area (Å²) >= 11 is 1.43. The summed E-state index contributed by atoms with van der Waals surface area (Å²) in [6.45, 7) is 3.89. The number of nitrogens with two attached hydrogens (primary N) is 2. The van der Waals surface area contributed by atoms with Crippen molar-refractivity contribution in [2.45, 2.75) is 39.1 Å². The van der Waals surface area contributed by atoms with Crippen LogP contribution in [0.15, 0.2) is 65.5 Å². The summed E-state index contributed by atoms with van der Waals surface area (Å²) in [6.07, 6.45) is 2.67. The van der Waals surface area contributed by atoms with Gasteiger partial charge in [-0.05, 0) is 55.1 Å². The Morgan fingerprint density at radius 2 is 1.91 bits per heavy atom. The summed E-state index contributed by atoms with van der Waals surface area (Å²) in [5, 5.41) is 2.80. The fraction of sp³-hybridized carbons (Fsp3) is 0.240. The number of nitrogens with one attached hydrogen (secondary N) is 2. The quantitative estimate of drug-likeness (QED) is 0.329. The third-order valence-electron chi connectivity index (χ3n) is 5.14. The summed E-state index contributed by atoms with van der Waals surface area (Å²) in [6, 6.07) is 17.1. The molecule has 178 valence electrons. The predicted octanol–water partition coefficient (Wildman–Crippen LogP) is 3.42. The number of pyridine rings is 2. The molecule has 0 aliphatic carbocycles. The number of rotatable bonds is 10. The Kier molecular flexibility index (Phi) is 8.75. The van der Waals surface area contributed by atoms with Gasteiger partial charge in [-0.25, -0.2) is 4.98 Å². The third kappa shape index (κ3) is 6.64. The molecule has 2 heterocycles. The maximum Gasteiger partial charge on any atom is 0.275 e. The van der Waals surface area contributed by atoms with E-state index in [4.69, 9.17) is 11.5 Å². The molecule has 1 aromatic carbocycles. The molecule has 8 nitrogen and oxygen atoms in total. The van der Waals surface area contributed by atoms with Crippen LogP contribution in [0, 0.1) is 6.92 Å². The Hall–Kier alpha value is -3.72. The van der Waals surface area contributed by atoms with Gasteiger partial charge >= 0.3 is 0 Å². The van der Waals surface area contributed by atoms with Crippen LogP contribution in [0.5, 0.6) is 0 Å². The first-order valence-electron chi connectivity index (χ1n) is 11.0. The number of aromatic nitrogens is 2. The second-order valence-corrected chi connectivity index (χ2v) is 8.52. The number of aryl methyl sites for hydroxylation is 1. The van der Waals surface area contributed by atoms with Crippen LogP contribution in [0.3, 0.4) is 0 Å². The van der Waals surface area contributed by atoms with Gasteiger partial charge in [0.05, 0.1) is 12.2 Å². The van der Waals surface area contributed by atoms with Crippen LogP contribution < -0.4 is 27.1 Å². The van der Waals surface area contributed by atoms with Gasteiger partial charge in [0.25, 0.3) is 5.56 Å². The molecule has 0 spiro atoms. The zero-order chi connectivity index (χ0) is 24.5. The smallest absolute Gasteiger partial charge is 0.275 e. The minimum absolute atomic E-state index is 0.0940. The van der Waals surface area contributed by atoms with Crippen molar-refractivity contribution < 1.29 is 4.79 Å². The molecule has 1 amide bonds. The van der Waals surface area contributed by atoms with Crippen molar-refractivity contribution >= 4 is 35.1 Å². The highest BCUT2D eigenvalue weighted by molar-refractivity contribution is 7.99. The van der Waals surface area contributed by atoms with Crippen molar-refractivity contribution in [2.24, 2.45) is 5.73 Å². The topological polar surface area (TPSA) is 128 Å². The van der Waals surface area contributed by atoms with Crippen molar-refractivity contribution in [2.75, 3.05) is 10.5 Å². The van der Waals surface area contributed by atoms with Gasteiger partial charge in [0, 0.05) is 22.7 Å². The van der Waals surface area contributed by atoms with Crippen molar-refractivity contribution in [3.05, 3.63) is 93.5 Å². The molecule has 3 aromatic rings. The molecule has 6 N–H and O–H groups in total. The first-order valence-corrected chi connectivity index (χ1v) is 12.0. The van der Waals surface area contributed by atoms with E-state index in [0.717, 1.165) is 12.0 Å². The van der Waals surface area contributed by atoms with E-state index >= 15 is 0 Å². The summed E-state index contributed by atoms with van der Waals surface area (Å²) in [4.78, 5) is 29.8. The highest BCUT2D eigenvalue weighted by Gasteiger charge is 2.12. The Morgan fingerprint density at radius 1 is 1.15 bits per heavy atom. The molecular formula is C25H30N6O2S. The maximum absolute atomic E-state index is 12.9. The highest BCUT2D eigenvalue weighted by Crippen LogP contribution is 2.17. The third-order valence-corrected chi connectivity index (χ3v) is 5.98. The molecule has 0 aliphatic heterocycles. The molecule has 0 bridgehead atoms. The van der Waals surface area contributed by atoms with Crippen LogP contribution in [0.25, 0.3) is 5.70 Å². The van der Waals surface area contributed by atoms with E-state index in [1.165, 1.54) is 16.5 Å². The van der Waals surface area contributed by atoms with Crippen LogP contribution >= 0.6 is 11.9 Å². The van der Waals surface area contributed by atoms with E-state index in [0.29, 0.717) is 39.9 Å². The van der Waals surface area contributed by atoms with E-state index in [-0.39, 0.29) is 24.6 Å². The zero-order valence-corrected chi connectivity index (χ0v) is 20.2. The van der Waals surface area contributed by atoms with Gasteiger partial charge in [0.1, 0.15) is 18.1 Å². The Balaban J connectivity index is 1.60. The molecule has 2 aromatic heterocycles. The summed E-state index contributed by atoms with van der Waals surface area (Å²) in [5.74, 6) is 0.727. The fourth-order valence-electron chi connectivity index (χ4n) is 3.29. The van der Waals surface area contributed by atoms with Crippen molar-refractivity contribution in [1.82, 2.24) is 14.9 Å². The van der Waals surface area contributed by atoms with E-state index in [2.05, 4.69) is 15.0 Å². The van der Waals surface area contributed by atoms with Crippen LogP contribution in [0.2, 0.25) is 0 Å². The lowest BCUT2D eigenvalue weighted by Crippen LogP contribution is -2.33. The largest absolute Gasteiger partial charge is 0.398 e. The predicted molar refractivity (Wildman–Crippen MR) is 140 cm³/mol. The number of hydrogen-bond donors (Lipinski definition) is 4. The molecule has 9 heteroatoms. The summed E-state index contributed by atoms with van der Waals surface area (Å²) in [7, 11) is 0. The average molecular weight is 479 g/mol. The number of carbonyl (C=O) groups excluding carboxylic acids is 1. The molecular weight excluding hydrogens is 448 g/mol.